The SMILES string of the molecule is CN(C)S(=O)(=O)c1ccc(C(=O)C(C#N)c2nc3cc(Cl)ccc3s2)cc1. The Kier molecular flexibility index (Phi) is 5.31. The van der Waals surface area contributed by atoms with Gasteiger partial charge in [-0.1, -0.05) is 23.7 Å². The van der Waals surface area contributed by atoms with Gasteiger partial charge in [0.15, 0.2) is 11.7 Å². The number of hydrogen-bond acceptors (Lipinski definition) is 6. The van der Waals surface area contributed by atoms with Crippen LogP contribution in [0.25, 0.3) is 10.2 Å². The lowest BCUT2D eigenvalue weighted by atomic mass is 9.99. The first-order valence-corrected chi connectivity index (χ1v) is 10.4. The van der Waals surface area contributed by atoms with Crippen LogP contribution < -0.4 is 0 Å². The zero-order valence-electron chi connectivity index (χ0n) is 14.4. The number of carbonyl (C=O) groups excluding carboxylic acids is 1. The molecule has 2 aromatic carbocycles. The molecule has 9 heteroatoms. The average molecular weight is 420 g/mol. The van der Waals surface area contributed by atoms with Gasteiger partial charge in [0.1, 0.15) is 5.01 Å². The molecule has 0 N–H and O–H groups in total. The van der Waals surface area contributed by atoms with E-state index in [1.807, 2.05) is 6.07 Å². The number of aromatic nitrogens is 1. The minimum absolute atomic E-state index is 0.0761. The lowest BCUT2D eigenvalue weighted by Crippen LogP contribution is -2.22. The van der Waals surface area contributed by atoms with Gasteiger partial charge < -0.3 is 0 Å². The second-order valence-corrected chi connectivity index (χ2v) is 9.55. The van der Waals surface area contributed by atoms with E-state index < -0.39 is 21.7 Å². The molecule has 0 fully saturated rings. The second-order valence-electron chi connectivity index (χ2n) is 5.90. The van der Waals surface area contributed by atoms with Gasteiger partial charge >= 0.3 is 0 Å². The molecule has 0 aliphatic heterocycles. The molecule has 0 radical (unpaired) electrons. The second kappa shape index (κ2) is 7.37. The van der Waals surface area contributed by atoms with Crippen LogP contribution in [0.1, 0.15) is 21.3 Å². The van der Waals surface area contributed by atoms with E-state index in [1.54, 1.807) is 18.2 Å². The van der Waals surface area contributed by atoms with Crippen LogP contribution in [0.4, 0.5) is 0 Å². The number of hydrogen-bond donors (Lipinski definition) is 0. The third kappa shape index (κ3) is 3.73. The maximum Gasteiger partial charge on any atom is 0.242 e. The summed E-state index contributed by atoms with van der Waals surface area (Å²) in [6, 6.07) is 12.7. The number of Topliss-reactive ketones (excluding diaryl/α,β-unsaturated/α-hetero) is 1. The van der Waals surface area contributed by atoms with Crippen LogP contribution >= 0.6 is 22.9 Å². The molecule has 1 aromatic heterocycles. The normalized spacial score (nSPS) is 12.9. The van der Waals surface area contributed by atoms with Gasteiger partial charge in [0.05, 0.1) is 21.2 Å². The molecule has 0 aliphatic rings. The monoisotopic (exact) mass is 419 g/mol. The van der Waals surface area contributed by atoms with E-state index in [2.05, 4.69) is 4.98 Å². The number of halogens is 1. The predicted molar refractivity (Wildman–Crippen MR) is 105 cm³/mol. The largest absolute Gasteiger partial charge is 0.292 e. The summed E-state index contributed by atoms with van der Waals surface area (Å²) in [6.45, 7) is 0. The molecule has 3 aromatic rings. The van der Waals surface area contributed by atoms with E-state index in [4.69, 9.17) is 11.6 Å². The molecule has 3 rings (SSSR count). The fourth-order valence-corrected chi connectivity index (χ4v) is 4.50. The summed E-state index contributed by atoms with van der Waals surface area (Å²) in [7, 11) is -0.724. The van der Waals surface area contributed by atoms with Crippen molar-refractivity contribution in [2.24, 2.45) is 0 Å². The molecule has 1 unspecified atom stereocenters. The Labute approximate surface area is 165 Å². The molecule has 0 spiro atoms. The number of fused-ring (bicyclic) bond motifs is 1. The summed E-state index contributed by atoms with van der Waals surface area (Å²) >= 11 is 7.21. The molecular formula is C18H14ClN3O3S2. The molecule has 27 heavy (non-hydrogen) atoms. The van der Waals surface area contributed by atoms with Crippen molar-refractivity contribution in [3.63, 3.8) is 0 Å². The molecule has 138 valence electrons. The van der Waals surface area contributed by atoms with E-state index >= 15 is 0 Å². The van der Waals surface area contributed by atoms with Gasteiger partial charge in [-0.05, 0) is 30.3 Å². The summed E-state index contributed by atoms with van der Waals surface area (Å²) in [5.41, 5.74) is 0.875. The van der Waals surface area contributed by atoms with Crippen LogP contribution in [0.15, 0.2) is 47.4 Å². The molecule has 0 bridgehead atoms. The van der Waals surface area contributed by atoms with Crippen molar-refractivity contribution in [1.82, 2.24) is 9.29 Å². The lowest BCUT2D eigenvalue weighted by Gasteiger charge is -2.12. The van der Waals surface area contributed by atoms with Crippen molar-refractivity contribution >= 4 is 49.0 Å². The first-order chi connectivity index (χ1) is 12.7. The van der Waals surface area contributed by atoms with Crippen molar-refractivity contribution in [2.45, 2.75) is 10.8 Å². The van der Waals surface area contributed by atoms with Crippen molar-refractivity contribution < 1.29 is 13.2 Å². The van der Waals surface area contributed by atoms with Crippen molar-refractivity contribution in [1.29, 1.82) is 5.26 Å². The Morgan fingerprint density at radius 3 is 2.48 bits per heavy atom. The highest BCUT2D eigenvalue weighted by Gasteiger charge is 2.26. The van der Waals surface area contributed by atoms with Gasteiger partial charge in [-0.2, -0.15) is 5.26 Å². The van der Waals surface area contributed by atoms with E-state index in [-0.39, 0.29) is 10.5 Å². The summed E-state index contributed by atoms with van der Waals surface area (Å²) < 4.78 is 26.2. The molecular weight excluding hydrogens is 406 g/mol. The lowest BCUT2D eigenvalue weighted by molar-refractivity contribution is 0.0979. The van der Waals surface area contributed by atoms with E-state index in [1.165, 1.54) is 49.7 Å². The summed E-state index contributed by atoms with van der Waals surface area (Å²) in [4.78, 5) is 17.2. The van der Waals surface area contributed by atoms with E-state index in [9.17, 15) is 18.5 Å². The van der Waals surface area contributed by atoms with Crippen molar-refractivity contribution in [3.8, 4) is 6.07 Å². The van der Waals surface area contributed by atoms with Gasteiger partial charge in [0.25, 0.3) is 0 Å². The fourth-order valence-electron chi connectivity index (χ4n) is 2.44. The third-order valence-corrected chi connectivity index (χ3v) is 7.09. The smallest absolute Gasteiger partial charge is 0.242 e. The highest BCUT2D eigenvalue weighted by Crippen LogP contribution is 2.31. The number of rotatable bonds is 5. The summed E-state index contributed by atoms with van der Waals surface area (Å²) in [5.74, 6) is -1.51. The number of sulfonamides is 1. The van der Waals surface area contributed by atoms with E-state index in [0.717, 1.165) is 9.01 Å². The van der Waals surface area contributed by atoms with Crippen LogP contribution in [-0.2, 0) is 10.0 Å². The summed E-state index contributed by atoms with van der Waals surface area (Å²) in [5, 5.41) is 10.4. The van der Waals surface area contributed by atoms with Crippen molar-refractivity contribution in [2.75, 3.05) is 14.1 Å². The molecule has 0 saturated heterocycles. The van der Waals surface area contributed by atoms with Crippen LogP contribution in [0.2, 0.25) is 5.02 Å². The van der Waals surface area contributed by atoms with E-state index in [0.29, 0.717) is 15.5 Å². The van der Waals surface area contributed by atoms with Gasteiger partial charge in [0, 0.05) is 24.7 Å². The quantitative estimate of drug-likeness (QED) is 0.588. The number of carbonyl (C=O) groups is 1. The van der Waals surface area contributed by atoms with Crippen LogP contribution in [0.3, 0.4) is 0 Å². The topological polar surface area (TPSA) is 91.1 Å². The molecule has 1 atom stereocenters. The van der Waals surface area contributed by atoms with Crippen LogP contribution in [0, 0.1) is 11.3 Å². The Balaban J connectivity index is 1.94. The Bertz CT molecular complexity index is 1160. The Morgan fingerprint density at radius 1 is 1.22 bits per heavy atom. The molecule has 0 aliphatic carbocycles. The maximum atomic E-state index is 12.8. The average Bonchev–Trinajstić information content (AvgIpc) is 3.04. The minimum Gasteiger partial charge on any atom is -0.292 e. The van der Waals surface area contributed by atoms with Crippen molar-refractivity contribution in [3.05, 3.63) is 58.1 Å². The Hall–Kier alpha value is -2.31. The number of thiazole rings is 1. The molecule has 0 saturated carbocycles. The maximum absolute atomic E-state index is 12.8. The Morgan fingerprint density at radius 2 is 1.89 bits per heavy atom. The number of benzene rings is 2. The van der Waals surface area contributed by atoms with Crippen LogP contribution in [0.5, 0.6) is 0 Å². The van der Waals surface area contributed by atoms with Gasteiger partial charge in [0.2, 0.25) is 10.0 Å². The number of nitrogens with zero attached hydrogens (tertiary/aromatic N) is 3. The minimum atomic E-state index is -3.58. The zero-order valence-corrected chi connectivity index (χ0v) is 16.8. The standard InChI is InChI=1S/C18H14ClN3O3S2/c1-22(2)27(24,25)13-6-3-11(4-7-13)17(23)14(10-20)18-21-15-9-12(19)5-8-16(15)26-18/h3-9,14H,1-2H3. The number of nitriles is 1. The first-order valence-electron chi connectivity index (χ1n) is 7.76. The highest BCUT2D eigenvalue weighted by atomic mass is 35.5. The number of ketones is 1. The van der Waals surface area contributed by atoms with Gasteiger partial charge in [-0.3, -0.25) is 4.79 Å². The predicted octanol–water partition coefficient (Wildman–Crippen LogP) is 3.69. The summed E-state index contributed by atoms with van der Waals surface area (Å²) in [6.07, 6.45) is 0. The van der Waals surface area contributed by atoms with Gasteiger partial charge in [-0.15, -0.1) is 11.3 Å². The fraction of sp³-hybridized carbons (Fsp3) is 0.167. The first kappa shape index (κ1) is 19.5. The zero-order chi connectivity index (χ0) is 19.8. The third-order valence-electron chi connectivity index (χ3n) is 3.92. The highest BCUT2D eigenvalue weighted by molar-refractivity contribution is 7.89. The molecule has 0 amide bonds. The molecule has 1 heterocycles. The van der Waals surface area contributed by atoms with Crippen LogP contribution in [-0.4, -0.2) is 37.6 Å². The molecule has 6 nitrogen and oxygen atoms in total. The van der Waals surface area contributed by atoms with Gasteiger partial charge in [-0.25, -0.2) is 17.7 Å².